The quantitative estimate of drug-likeness (QED) is 0.641. The standard InChI is InChI=1S/C13H24N4O2/c1-4-11(2)16-13(18)9-17-8-12(15-10-17)7-14-5-6-19-3/h8,10-11,14H,4-7,9H2,1-3H3,(H,16,18). The summed E-state index contributed by atoms with van der Waals surface area (Å²) in [6.45, 7) is 6.51. The number of rotatable bonds is 9. The number of carbonyl (C=O) groups is 1. The molecule has 0 bridgehead atoms. The second-order valence-electron chi connectivity index (χ2n) is 4.58. The summed E-state index contributed by atoms with van der Waals surface area (Å²) in [4.78, 5) is 15.9. The van der Waals surface area contributed by atoms with Crippen LogP contribution in [0.1, 0.15) is 26.0 Å². The highest BCUT2D eigenvalue weighted by Crippen LogP contribution is 1.96. The first-order valence-electron chi connectivity index (χ1n) is 6.65. The second kappa shape index (κ2) is 8.66. The Balaban J connectivity index is 2.31. The van der Waals surface area contributed by atoms with E-state index in [0.717, 1.165) is 18.7 Å². The SMILES string of the molecule is CCC(C)NC(=O)Cn1cnc(CNCCOC)c1. The number of hydrogen-bond acceptors (Lipinski definition) is 4. The maximum Gasteiger partial charge on any atom is 0.240 e. The van der Waals surface area contributed by atoms with Gasteiger partial charge in [0.05, 0.1) is 18.6 Å². The summed E-state index contributed by atoms with van der Waals surface area (Å²) in [7, 11) is 1.67. The molecule has 0 spiro atoms. The molecule has 6 heteroatoms. The average molecular weight is 268 g/mol. The van der Waals surface area contributed by atoms with Gasteiger partial charge in [0.2, 0.25) is 5.91 Å². The van der Waals surface area contributed by atoms with Crippen LogP contribution in [0, 0.1) is 0 Å². The van der Waals surface area contributed by atoms with Crippen LogP contribution in [0.15, 0.2) is 12.5 Å². The third kappa shape index (κ3) is 6.35. The van der Waals surface area contributed by atoms with Gasteiger partial charge in [-0.2, -0.15) is 0 Å². The van der Waals surface area contributed by atoms with Crippen molar-refractivity contribution < 1.29 is 9.53 Å². The van der Waals surface area contributed by atoms with Crippen molar-refractivity contribution in [3.05, 3.63) is 18.2 Å². The van der Waals surface area contributed by atoms with E-state index in [1.807, 2.05) is 20.0 Å². The van der Waals surface area contributed by atoms with Gasteiger partial charge >= 0.3 is 0 Å². The molecule has 6 nitrogen and oxygen atoms in total. The number of imidazole rings is 1. The summed E-state index contributed by atoms with van der Waals surface area (Å²) in [6, 6.07) is 0.214. The van der Waals surface area contributed by atoms with Crippen molar-refractivity contribution in [2.75, 3.05) is 20.3 Å². The molecule has 1 heterocycles. The van der Waals surface area contributed by atoms with E-state index in [0.29, 0.717) is 19.7 Å². The zero-order chi connectivity index (χ0) is 14.1. The van der Waals surface area contributed by atoms with E-state index in [9.17, 15) is 4.79 Å². The van der Waals surface area contributed by atoms with E-state index in [1.54, 1.807) is 18.0 Å². The fourth-order valence-electron chi connectivity index (χ4n) is 1.56. The third-order valence-electron chi connectivity index (χ3n) is 2.82. The number of hydrogen-bond donors (Lipinski definition) is 2. The molecule has 108 valence electrons. The Bertz CT molecular complexity index is 378. The van der Waals surface area contributed by atoms with Crippen LogP contribution in [0.3, 0.4) is 0 Å². The second-order valence-corrected chi connectivity index (χ2v) is 4.58. The van der Waals surface area contributed by atoms with Crippen LogP contribution in [-0.2, 0) is 22.6 Å². The first kappa shape index (κ1) is 15.7. The van der Waals surface area contributed by atoms with Gasteiger partial charge in [-0.1, -0.05) is 6.92 Å². The van der Waals surface area contributed by atoms with Crippen molar-refractivity contribution in [3.63, 3.8) is 0 Å². The van der Waals surface area contributed by atoms with Gasteiger partial charge in [0.15, 0.2) is 0 Å². The van der Waals surface area contributed by atoms with Crippen molar-refractivity contribution in [1.29, 1.82) is 0 Å². The molecule has 0 aromatic carbocycles. The molecule has 0 aliphatic carbocycles. The molecule has 1 aromatic rings. The first-order valence-corrected chi connectivity index (χ1v) is 6.65. The van der Waals surface area contributed by atoms with Crippen LogP contribution in [0.5, 0.6) is 0 Å². The molecule has 0 aliphatic rings. The van der Waals surface area contributed by atoms with E-state index >= 15 is 0 Å². The van der Waals surface area contributed by atoms with Crippen LogP contribution >= 0.6 is 0 Å². The molecular formula is C13H24N4O2. The summed E-state index contributed by atoms with van der Waals surface area (Å²) in [5, 5.41) is 6.14. The molecule has 2 N–H and O–H groups in total. The first-order chi connectivity index (χ1) is 9.15. The fraction of sp³-hybridized carbons (Fsp3) is 0.692. The molecule has 0 saturated heterocycles. The van der Waals surface area contributed by atoms with Gasteiger partial charge in [0.1, 0.15) is 6.54 Å². The lowest BCUT2D eigenvalue weighted by Gasteiger charge is -2.11. The van der Waals surface area contributed by atoms with Gasteiger partial charge in [0, 0.05) is 32.4 Å². The minimum Gasteiger partial charge on any atom is -0.383 e. The zero-order valence-electron chi connectivity index (χ0n) is 12.0. The molecule has 0 saturated carbocycles. The van der Waals surface area contributed by atoms with Gasteiger partial charge in [-0.05, 0) is 13.3 Å². The highest BCUT2D eigenvalue weighted by Gasteiger charge is 2.07. The lowest BCUT2D eigenvalue weighted by molar-refractivity contribution is -0.122. The number of methoxy groups -OCH3 is 1. The lowest BCUT2D eigenvalue weighted by Crippen LogP contribution is -2.34. The number of carbonyl (C=O) groups excluding carboxylic acids is 1. The van der Waals surface area contributed by atoms with Crippen molar-refractivity contribution in [2.45, 2.75) is 39.4 Å². The van der Waals surface area contributed by atoms with Crippen LogP contribution in [0.4, 0.5) is 0 Å². The average Bonchev–Trinajstić information content (AvgIpc) is 2.82. The number of aromatic nitrogens is 2. The highest BCUT2D eigenvalue weighted by atomic mass is 16.5. The minimum atomic E-state index is 0.0191. The van der Waals surface area contributed by atoms with E-state index in [2.05, 4.69) is 15.6 Å². The summed E-state index contributed by atoms with van der Waals surface area (Å²) in [6.07, 6.45) is 4.50. The summed E-state index contributed by atoms with van der Waals surface area (Å²) >= 11 is 0. The Morgan fingerprint density at radius 1 is 1.58 bits per heavy atom. The largest absolute Gasteiger partial charge is 0.383 e. The topological polar surface area (TPSA) is 68.2 Å². The summed E-state index contributed by atoms with van der Waals surface area (Å²) in [5.74, 6) is 0.0191. The number of amides is 1. The third-order valence-corrected chi connectivity index (χ3v) is 2.82. The molecule has 1 unspecified atom stereocenters. The van der Waals surface area contributed by atoms with Gasteiger partial charge < -0.3 is 19.9 Å². The normalized spacial score (nSPS) is 12.4. The van der Waals surface area contributed by atoms with Crippen molar-refractivity contribution >= 4 is 5.91 Å². The Morgan fingerprint density at radius 2 is 2.37 bits per heavy atom. The Kier molecular flexibility index (Phi) is 7.14. The highest BCUT2D eigenvalue weighted by molar-refractivity contribution is 5.75. The molecule has 19 heavy (non-hydrogen) atoms. The van der Waals surface area contributed by atoms with Gasteiger partial charge in [-0.15, -0.1) is 0 Å². The van der Waals surface area contributed by atoms with Crippen LogP contribution in [0.25, 0.3) is 0 Å². The molecule has 1 rings (SSSR count). The van der Waals surface area contributed by atoms with Gasteiger partial charge in [-0.3, -0.25) is 4.79 Å². The molecule has 1 amide bonds. The zero-order valence-corrected chi connectivity index (χ0v) is 12.0. The number of ether oxygens (including phenoxy) is 1. The molecule has 1 atom stereocenters. The maximum atomic E-state index is 11.7. The van der Waals surface area contributed by atoms with E-state index < -0.39 is 0 Å². The Labute approximate surface area is 114 Å². The van der Waals surface area contributed by atoms with E-state index in [1.165, 1.54) is 0 Å². The van der Waals surface area contributed by atoms with Crippen molar-refractivity contribution in [3.8, 4) is 0 Å². The maximum absolute atomic E-state index is 11.7. The smallest absolute Gasteiger partial charge is 0.240 e. The molecule has 0 radical (unpaired) electrons. The molecule has 1 aromatic heterocycles. The van der Waals surface area contributed by atoms with Crippen molar-refractivity contribution in [1.82, 2.24) is 20.2 Å². The predicted octanol–water partition coefficient (Wildman–Crippen LogP) is 0.534. The molecule has 0 fully saturated rings. The summed E-state index contributed by atoms with van der Waals surface area (Å²) < 4.78 is 6.74. The minimum absolute atomic E-state index is 0.0191. The van der Waals surface area contributed by atoms with Gasteiger partial charge in [0.25, 0.3) is 0 Å². The van der Waals surface area contributed by atoms with Crippen LogP contribution in [0.2, 0.25) is 0 Å². The Morgan fingerprint density at radius 3 is 3.05 bits per heavy atom. The van der Waals surface area contributed by atoms with Crippen molar-refractivity contribution in [2.24, 2.45) is 0 Å². The molecule has 0 aliphatic heterocycles. The Hall–Kier alpha value is -1.40. The fourth-order valence-corrected chi connectivity index (χ4v) is 1.56. The number of nitrogens with zero attached hydrogens (tertiary/aromatic N) is 2. The predicted molar refractivity (Wildman–Crippen MR) is 73.7 cm³/mol. The van der Waals surface area contributed by atoms with Crippen LogP contribution < -0.4 is 10.6 Å². The van der Waals surface area contributed by atoms with Gasteiger partial charge in [-0.25, -0.2) is 4.98 Å². The monoisotopic (exact) mass is 268 g/mol. The number of nitrogens with one attached hydrogen (secondary N) is 2. The lowest BCUT2D eigenvalue weighted by atomic mass is 10.2. The van der Waals surface area contributed by atoms with E-state index in [-0.39, 0.29) is 11.9 Å². The molecular weight excluding hydrogens is 244 g/mol. The van der Waals surface area contributed by atoms with Crippen LogP contribution in [-0.4, -0.2) is 41.8 Å². The summed E-state index contributed by atoms with van der Waals surface area (Å²) in [5.41, 5.74) is 0.924. The van der Waals surface area contributed by atoms with E-state index in [4.69, 9.17) is 4.74 Å².